The van der Waals surface area contributed by atoms with E-state index in [-0.39, 0.29) is 18.9 Å². The molecule has 6 nitrogen and oxygen atoms in total. The largest absolute Gasteiger partial charge is 0.389 e. The first-order valence-corrected chi connectivity index (χ1v) is 8.86. The second kappa shape index (κ2) is 7.07. The predicted molar refractivity (Wildman–Crippen MR) is 91.7 cm³/mol. The van der Waals surface area contributed by atoms with E-state index >= 15 is 0 Å². The highest BCUT2D eigenvalue weighted by molar-refractivity contribution is 5.77. The summed E-state index contributed by atoms with van der Waals surface area (Å²) in [6.45, 7) is 1.38. The second-order valence-corrected chi connectivity index (χ2v) is 7.32. The number of nitrogens with one attached hydrogen (secondary N) is 1. The summed E-state index contributed by atoms with van der Waals surface area (Å²) >= 11 is 0. The summed E-state index contributed by atoms with van der Waals surface area (Å²) in [5.41, 5.74) is -1.80. The molecule has 2 heterocycles. The number of nitrogens with zero attached hydrogens (tertiary/aromatic N) is 2. The maximum atomic E-state index is 12.2. The predicted octanol–water partition coefficient (Wildman–Crippen LogP) is 1.22. The Balaban J connectivity index is 1.48. The molecule has 132 valence electrons. The van der Waals surface area contributed by atoms with Crippen LogP contribution in [0.3, 0.4) is 0 Å². The van der Waals surface area contributed by atoms with Crippen LogP contribution in [-0.2, 0) is 4.79 Å². The number of carbonyl (C=O) groups excluding carboxylic acids is 1. The van der Waals surface area contributed by atoms with Gasteiger partial charge in [0.15, 0.2) is 0 Å². The molecule has 1 aliphatic carbocycles. The average Bonchev–Trinajstić information content (AvgIpc) is 2.97. The van der Waals surface area contributed by atoms with Crippen molar-refractivity contribution in [3.05, 3.63) is 24.4 Å². The molecule has 0 bridgehead atoms. The number of hydrogen-bond donors (Lipinski definition) is 3. The van der Waals surface area contributed by atoms with E-state index in [4.69, 9.17) is 0 Å². The van der Waals surface area contributed by atoms with E-state index in [0.717, 1.165) is 25.1 Å². The molecular formula is C18H27N3O3. The smallest absolute Gasteiger partial charge is 0.222 e. The zero-order valence-electron chi connectivity index (χ0n) is 14.1. The highest BCUT2D eigenvalue weighted by Gasteiger charge is 2.38. The molecule has 24 heavy (non-hydrogen) atoms. The lowest BCUT2D eigenvalue weighted by Crippen LogP contribution is -2.47. The SMILES string of the molecule is O=C(CC1(O)CCCCC1)NC[C@]1(O)CCN(c2ccccn2)C1. The monoisotopic (exact) mass is 333 g/mol. The topological polar surface area (TPSA) is 85.7 Å². The van der Waals surface area contributed by atoms with Gasteiger partial charge in [-0.3, -0.25) is 4.79 Å². The van der Waals surface area contributed by atoms with Crippen molar-refractivity contribution < 1.29 is 15.0 Å². The lowest BCUT2D eigenvalue weighted by atomic mass is 9.82. The number of amides is 1. The molecule has 3 rings (SSSR count). The third kappa shape index (κ3) is 4.24. The van der Waals surface area contributed by atoms with Crippen LogP contribution in [0.15, 0.2) is 24.4 Å². The molecule has 1 amide bonds. The van der Waals surface area contributed by atoms with E-state index in [0.29, 0.717) is 32.4 Å². The van der Waals surface area contributed by atoms with Crippen LogP contribution in [0.4, 0.5) is 5.82 Å². The molecule has 2 aliphatic rings. The minimum atomic E-state index is -0.942. The number of pyridine rings is 1. The Morgan fingerprint density at radius 2 is 1.96 bits per heavy atom. The first-order chi connectivity index (χ1) is 11.5. The van der Waals surface area contributed by atoms with Gasteiger partial charge in [0, 0.05) is 25.8 Å². The number of aromatic nitrogens is 1. The molecule has 1 saturated carbocycles. The Bertz CT molecular complexity index is 560. The average molecular weight is 333 g/mol. The van der Waals surface area contributed by atoms with Crippen molar-refractivity contribution in [2.24, 2.45) is 0 Å². The van der Waals surface area contributed by atoms with E-state index in [1.165, 1.54) is 0 Å². The lowest BCUT2D eigenvalue weighted by molar-refractivity contribution is -0.128. The zero-order valence-corrected chi connectivity index (χ0v) is 14.1. The summed E-state index contributed by atoms with van der Waals surface area (Å²) in [5, 5.41) is 24.0. The van der Waals surface area contributed by atoms with Crippen LogP contribution in [0, 0.1) is 0 Å². The van der Waals surface area contributed by atoms with E-state index in [1.54, 1.807) is 6.20 Å². The van der Waals surface area contributed by atoms with Gasteiger partial charge >= 0.3 is 0 Å². The maximum Gasteiger partial charge on any atom is 0.222 e. The van der Waals surface area contributed by atoms with Crippen LogP contribution in [0.1, 0.15) is 44.9 Å². The van der Waals surface area contributed by atoms with Gasteiger partial charge in [-0.2, -0.15) is 0 Å². The van der Waals surface area contributed by atoms with Crippen molar-refractivity contribution in [3.8, 4) is 0 Å². The van der Waals surface area contributed by atoms with Crippen LogP contribution in [0.2, 0.25) is 0 Å². The van der Waals surface area contributed by atoms with Crippen LogP contribution < -0.4 is 10.2 Å². The summed E-state index contributed by atoms with van der Waals surface area (Å²) in [5.74, 6) is 0.667. The van der Waals surface area contributed by atoms with E-state index in [9.17, 15) is 15.0 Å². The first-order valence-electron chi connectivity index (χ1n) is 8.86. The van der Waals surface area contributed by atoms with Gasteiger partial charge in [0.05, 0.1) is 12.0 Å². The van der Waals surface area contributed by atoms with Gasteiger partial charge in [-0.15, -0.1) is 0 Å². The van der Waals surface area contributed by atoms with Crippen LogP contribution in [0.25, 0.3) is 0 Å². The number of anilines is 1. The maximum absolute atomic E-state index is 12.2. The third-order valence-corrected chi connectivity index (χ3v) is 5.19. The molecule has 6 heteroatoms. The molecule has 1 atom stereocenters. The fourth-order valence-electron chi connectivity index (χ4n) is 3.75. The van der Waals surface area contributed by atoms with Crippen LogP contribution >= 0.6 is 0 Å². The molecule has 1 aromatic rings. The third-order valence-electron chi connectivity index (χ3n) is 5.19. The number of hydrogen-bond acceptors (Lipinski definition) is 5. The standard InChI is InChI=1S/C18H27N3O3/c22-16(12-17(23)7-3-1-4-8-17)20-13-18(24)9-11-21(14-18)15-6-2-5-10-19-15/h2,5-6,10,23-24H,1,3-4,7-9,11-14H2,(H,20,22)/t18-/m1/s1. The van der Waals surface area contributed by atoms with E-state index in [2.05, 4.69) is 10.3 Å². The molecule has 0 aromatic carbocycles. The number of β-amino-alcohol motifs (C(OH)–C–C–N with tert-alkyl or cyclic N) is 1. The molecule has 0 spiro atoms. The zero-order chi connectivity index (χ0) is 17.0. The molecule has 3 N–H and O–H groups in total. The molecule has 0 radical (unpaired) electrons. The Labute approximate surface area is 142 Å². The first kappa shape index (κ1) is 17.2. The summed E-state index contributed by atoms with van der Waals surface area (Å²) in [6, 6.07) is 5.71. The Morgan fingerprint density at radius 1 is 1.17 bits per heavy atom. The molecular weight excluding hydrogens is 306 g/mol. The van der Waals surface area contributed by atoms with E-state index < -0.39 is 11.2 Å². The van der Waals surface area contributed by atoms with Gasteiger partial charge in [0.25, 0.3) is 0 Å². The highest BCUT2D eigenvalue weighted by atomic mass is 16.3. The van der Waals surface area contributed by atoms with Crippen molar-refractivity contribution in [1.82, 2.24) is 10.3 Å². The Kier molecular flexibility index (Phi) is 5.06. The number of carbonyl (C=O) groups is 1. The summed E-state index contributed by atoms with van der Waals surface area (Å²) in [4.78, 5) is 18.5. The van der Waals surface area contributed by atoms with Gasteiger partial charge in [-0.05, 0) is 31.4 Å². The van der Waals surface area contributed by atoms with Gasteiger partial charge < -0.3 is 20.4 Å². The summed E-state index contributed by atoms with van der Waals surface area (Å²) < 4.78 is 0. The van der Waals surface area contributed by atoms with E-state index in [1.807, 2.05) is 23.1 Å². The van der Waals surface area contributed by atoms with Crippen LogP contribution in [0.5, 0.6) is 0 Å². The Morgan fingerprint density at radius 3 is 2.67 bits per heavy atom. The highest BCUT2D eigenvalue weighted by Crippen LogP contribution is 2.31. The van der Waals surface area contributed by atoms with Gasteiger partial charge in [0.2, 0.25) is 5.91 Å². The lowest BCUT2D eigenvalue weighted by Gasteiger charge is -2.32. The summed E-state index contributed by atoms with van der Waals surface area (Å²) in [6.07, 6.45) is 6.93. The van der Waals surface area contributed by atoms with Crippen LogP contribution in [-0.4, -0.2) is 51.9 Å². The molecule has 0 unspecified atom stereocenters. The molecule has 1 aromatic heterocycles. The van der Waals surface area contributed by atoms with Gasteiger partial charge in [-0.1, -0.05) is 25.3 Å². The van der Waals surface area contributed by atoms with Crippen molar-refractivity contribution in [3.63, 3.8) is 0 Å². The molecule has 2 fully saturated rings. The van der Waals surface area contributed by atoms with Crippen molar-refractivity contribution in [2.75, 3.05) is 24.5 Å². The number of aliphatic hydroxyl groups is 2. The normalized spacial score (nSPS) is 26.3. The van der Waals surface area contributed by atoms with Crippen molar-refractivity contribution in [1.29, 1.82) is 0 Å². The second-order valence-electron chi connectivity index (χ2n) is 7.32. The van der Waals surface area contributed by atoms with Crippen molar-refractivity contribution >= 4 is 11.7 Å². The minimum absolute atomic E-state index is 0.132. The fraction of sp³-hybridized carbons (Fsp3) is 0.667. The quantitative estimate of drug-likeness (QED) is 0.754. The molecule has 1 saturated heterocycles. The number of rotatable bonds is 5. The fourth-order valence-corrected chi connectivity index (χ4v) is 3.75. The Hall–Kier alpha value is -1.66. The summed E-state index contributed by atoms with van der Waals surface area (Å²) in [7, 11) is 0. The van der Waals surface area contributed by atoms with Gasteiger partial charge in [-0.25, -0.2) is 4.98 Å². The minimum Gasteiger partial charge on any atom is -0.389 e. The molecule has 1 aliphatic heterocycles. The van der Waals surface area contributed by atoms with Gasteiger partial charge in [0.1, 0.15) is 11.4 Å². The van der Waals surface area contributed by atoms with Crippen molar-refractivity contribution in [2.45, 2.75) is 56.1 Å².